The Labute approximate surface area is 122 Å². The number of nitrogens with one attached hydrogen (secondary N) is 1. The molecule has 1 heterocycles. The third-order valence-corrected chi connectivity index (χ3v) is 4.63. The number of hydrogen-bond acceptors (Lipinski definition) is 3. The van der Waals surface area contributed by atoms with E-state index in [-0.39, 0.29) is 0 Å². The van der Waals surface area contributed by atoms with Crippen molar-refractivity contribution >= 4 is 5.69 Å². The van der Waals surface area contributed by atoms with Gasteiger partial charge >= 0.3 is 0 Å². The molecule has 0 bridgehead atoms. The molecule has 1 saturated heterocycles. The molecule has 0 radical (unpaired) electrons. The van der Waals surface area contributed by atoms with Crippen molar-refractivity contribution in [3.8, 4) is 0 Å². The van der Waals surface area contributed by atoms with Crippen LogP contribution in [-0.2, 0) is 6.54 Å². The maximum absolute atomic E-state index is 9.18. The molecule has 2 N–H and O–H groups in total. The van der Waals surface area contributed by atoms with E-state index in [9.17, 15) is 5.11 Å². The maximum atomic E-state index is 9.18. The van der Waals surface area contributed by atoms with Gasteiger partial charge in [0.05, 0.1) is 0 Å². The smallest absolute Gasteiger partial charge is 0.0460 e. The standard InChI is InChI=1S/C17H26N2O/c20-13-16-7-9-19(10-8-16)17-5-3-15(4-6-17)12-18-11-14-1-2-14/h3-6,14,16,18,20H,1-2,7-13H2. The average molecular weight is 274 g/mol. The number of hydrogen-bond donors (Lipinski definition) is 2. The van der Waals surface area contributed by atoms with Gasteiger partial charge in [0.1, 0.15) is 0 Å². The van der Waals surface area contributed by atoms with Gasteiger partial charge in [-0.25, -0.2) is 0 Å². The summed E-state index contributed by atoms with van der Waals surface area (Å²) in [4.78, 5) is 2.44. The summed E-state index contributed by atoms with van der Waals surface area (Å²) in [6.07, 6.45) is 5.05. The van der Waals surface area contributed by atoms with E-state index < -0.39 is 0 Å². The Kier molecular flexibility index (Phi) is 4.58. The fourth-order valence-electron chi connectivity index (χ4n) is 2.94. The van der Waals surface area contributed by atoms with Crippen molar-refractivity contribution < 1.29 is 5.11 Å². The molecule has 0 amide bonds. The lowest BCUT2D eigenvalue weighted by Gasteiger charge is -2.33. The van der Waals surface area contributed by atoms with Crippen LogP contribution in [0.5, 0.6) is 0 Å². The number of aliphatic hydroxyl groups is 1. The third kappa shape index (κ3) is 3.74. The average Bonchev–Trinajstić information content (AvgIpc) is 3.32. The molecule has 0 unspecified atom stereocenters. The molecular weight excluding hydrogens is 248 g/mol. The summed E-state index contributed by atoms with van der Waals surface area (Å²) in [6, 6.07) is 8.97. The second kappa shape index (κ2) is 6.59. The molecular formula is C17H26N2O. The predicted octanol–water partition coefficient (Wildman–Crippen LogP) is 2.39. The van der Waals surface area contributed by atoms with E-state index in [0.717, 1.165) is 38.4 Å². The Bertz CT molecular complexity index is 406. The van der Waals surface area contributed by atoms with Crippen molar-refractivity contribution in [1.82, 2.24) is 5.32 Å². The highest BCUT2D eigenvalue weighted by Gasteiger charge is 2.20. The lowest BCUT2D eigenvalue weighted by atomic mass is 9.97. The molecule has 0 aromatic heterocycles. The molecule has 0 spiro atoms. The van der Waals surface area contributed by atoms with E-state index in [4.69, 9.17) is 0 Å². The van der Waals surface area contributed by atoms with Crippen LogP contribution in [0.25, 0.3) is 0 Å². The molecule has 1 saturated carbocycles. The molecule has 1 aliphatic carbocycles. The molecule has 1 aromatic rings. The minimum atomic E-state index is 0.347. The van der Waals surface area contributed by atoms with Crippen LogP contribution in [0.15, 0.2) is 24.3 Å². The van der Waals surface area contributed by atoms with Crippen LogP contribution in [0.4, 0.5) is 5.69 Å². The zero-order chi connectivity index (χ0) is 13.8. The van der Waals surface area contributed by atoms with Gasteiger partial charge in [0.2, 0.25) is 0 Å². The second-order valence-corrected chi connectivity index (χ2v) is 6.35. The number of anilines is 1. The maximum Gasteiger partial charge on any atom is 0.0460 e. The quantitative estimate of drug-likeness (QED) is 0.836. The van der Waals surface area contributed by atoms with Gasteiger partial charge in [0.15, 0.2) is 0 Å². The predicted molar refractivity (Wildman–Crippen MR) is 82.9 cm³/mol. The molecule has 0 atom stereocenters. The monoisotopic (exact) mass is 274 g/mol. The van der Waals surface area contributed by atoms with Crippen LogP contribution in [0.3, 0.4) is 0 Å². The Balaban J connectivity index is 1.47. The summed E-state index contributed by atoms with van der Waals surface area (Å²) in [6.45, 7) is 4.66. The third-order valence-electron chi connectivity index (χ3n) is 4.63. The van der Waals surface area contributed by atoms with Crippen LogP contribution < -0.4 is 10.2 Å². The summed E-state index contributed by atoms with van der Waals surface area (Å²) in [5, 5.41) is 12.7. The van der Waals surface area contributed by atoms with Gasteiger partial charge < -0.3 is 15.3 Å². The van der Waals surface area contributed by atoms with E-state index in [1.807, 2.05) is 0 Å². The van der Waals surface area contributed by atoms with Crippen molar-refractivity contribution in [1.29, 1.82) is 0 Å². The van der Waals surface area contributed by atoms with Gasteiger partial charge in [-0.1, -0.05) is 12.1 Å². The van der Waals surface area contributed by atoms with Gasteiger partial charge in [0, 0.05) is 31.9 Å². The summed E-state index contributed by atoms with van der Waals surface area (Å²) in [5.41, 5.74) is 2.70. The summed E-state index contributed by atoms with van der Waals surface area (Å²) in [7, 11) is 0. The largest absolute Gasteiger partial charge is 0.396 e. The van der Waals surface area contributed by atoms with E-state index in [1.54, 1.807) is 0 Å². The zero-order valence-corrected chi connectivity index (χ0v) is 12.2. The highest BCUT2D eigenvalue weighted by atomic mass is 16.3. The highest BCUT2D eigenvalue weighted by Crippen LogP contribution is 2.27. The molecule has 3 heteroatoms. The number of piperidine rings is 1. The highest BCUT2D eigenvalue weighted by molar-refractivity contribution is 5.47. The fraction of sp³-hybridized carbons (Fsp3) is 0.647. The van der Waals surface area contributed by atoms with Crippen molar-refractivity contribution in [2.45, 2.75) is 32.2 Å². The van der Waals surface area contributed by atoms with Gasteiger partial charge in [0.25, 0.3) is 0 Å². The van der Waals surface area contributed by atoms with Gasteiger partial charge in [-0.3, -0.25) is 0 Å². The first kappa shape index (κ1) is 13.9. The van der Waals surface area contributed by atoms with E-state index in [2.05, 4.69) is 34.5 Å². The van der Waals surface area contributed by atoms with E-state index in [1.165, 1.54) is 30.6 Å². The van der Waals surface area contributed by atoms with Crippen LogP contribution in [0.1, 0.15) is 31.2 Å². The van der Waals surface area contributed by atoms with Crippen LogP contribution >= 0.6 is 0 Å². The fourth-order valence-corrected chi connectivity index (χ4v) is 2.94. The Morgan fingerprint density at radius 2 is 1.70 bits per heavy atom. The van der Waals surface area contributed by atoms with Crippen LogP contribution in [0, 0.1) is 11.8 Å². The van der Waals surface area contributed by atoms with E-state index in [0.29, 0.717) is 12.5 Å². The van der Waals surface area contributed by atoms with Crippen molar-refractivity contribution in [2.24, 2.45) is 11.8 Å². The molecule has 2 aliphatic rings. The molecule has 110 valence electrons. The second-order valence-electron chi connectivity index (χ2n) is 6.35. The first-order valence-corrected chi connectivity index (χ1v) is 8.00. The normalized spacial score (nSPS) is 20.4. The Morgan fingerprint density at radius 1 is 1.00 bits per heavy atom. The number of benzene rings is 1. The lowest BCUT2D eigenvalue weighted by Crippen LogP contribution is -2.34. The van der Waals surface area contributed by atoms with Gasteiger partial charge in [-0.15, -0.1) is 0 Å². The van der Waals surface area contributed by atoms with Gasteiger partial charge in [-0.05, 0) is 61.8 Å². The summed E-state index contributed by atoms with van der Waals surface area (Å²) < 4.78 is 0. The van der Waals surface area contributed by atoms with E-state index >= 15 is 0 Å². The minimum Gasteiger partial charge on any atom is -0.396 e. The molecule has 3 rings (SSSR count). The number of aliphatic hydroxyl groups excluding tert-OH is 1. The van der Waals surface area contributed by atoms with Crippen molar-refractivity contribution in [2.75, 3.05) is 31.1 Å². The topological polar surface area (TPSA) is 35.5 Å². The van der Waals surface area contributed by atoms with Crippen LogP contribution in [0.2, 0.25) is 0 Å². The minimum absolute atomic E-state index is 0.347. The Morgan fingerprint density at radius 3 is 2.30 bits per heavy atom. The first-order valence-electron chi connectivity index (χ1n) is 8.00. The van der Waals surface area contributed by atoms with Crippen LogP contribution in [-0.4, -0.2) is 31.3 Å². The van der Waals surface area contributed by atoms with Gasteiger partial charge in [-0.2, -0.15) is 0 Å². The molecule has 2 fully saturated rings. The van der Waals surface area contributed by atoms with Crippen molar-refractivity contribution in [3.05, 3.63) is 29.8 Å². The summed E-state index contributed by atoms with van der Waals surface area (Å²) in [5.74, 6) is 1.46. The molecule has 20 heavy (non-hydrogen) atoms. The summed E-state index contributed by atoms with van der Waals surface area (Å²) >= 11 is 0. The molecule has 1 aromatic carbocycles. The van der Waals surface area contributed by atoms with Crippen molar-refractivity contribution in [3.63, 3.8) is 0 Å². The number of nitrogens with zero attached hydrogens (tertiary/aromatic N) is 1. The SMILES string of the molecule is OCC1CCN(c2ccc(CNCC3CC3)cc2)CC1. The molecule has 1 aliphatic heterocycles. The first-order chi connectivity index (χ1) is 9.85. The Hall–Kier alpha value is -1.06. The zero-order valence-electron chi connectivity index (χ0n) is 12.2. The number of rotatable bonds is 6. The molecule has 3 nitrogen and oxygen atoms in total. The lowest BCUT2D eigenvalue weighted by molar-refractivity contribution is 0.203.